The van der Waals surface area contributed by atoms with Gasteiger partial charge in [-0.05, 0) is 38.3 Å². The van der Waals surface area contributed by atoms with Crippen LogP contribution in [0.5, 0.6) is 0 Å². The Morgan fingerprint density at radius 3 is 1.38 bits per heavy atom. The predicted molar refractivity (Wildman–Crippen MR) is 87.0 cm³/mol. The van der Waals surface area contributed by atoms with Crippen LogP contribution in [0.3, 0.4) is 0 Å². The largest absolute Gasteiger partial charge is 0.473 e. The number of hydrogen-bond acceptors (Lipinski definition) is 5. The molecule has 0 aromatic rings. The molecular weight excluding hydrogens is 268 g/mol. The van der Waals surface area contributed by atoms with Gasteiger partial charge in [-0.15, -0.1) is 0 Å². The van der Waals surface area contributed by atoms with Crippen molar-refractivity contribution in [2.24, 2.45) is 0 Å². The fourth-order valence-corrected chi connectivity index (χ4v) is 1.93. The minimum atomic E-state index is -0.543. The van der Waals surface area contributed by atoms with Crippen molar-refractivity contribution in [3.05, 3.63) is 24.7 Å². The summed E-state index contributed by atoms with van der Waals surface area (Å²) in [5, 5.41) is 19.6. The van der Waals surface area contributed by atoms with E-state index in [1.807, 2.05) is 0 Å². The molecule has 0 bridgehead atoms. The lowest BCUT2D eigenvalue weighted by Gasteiger charge is -2.20. The molecule has 0 aromatic heterocycles. The van der Waals surface area contributed by atoms with Crippen molar-refractivity contribution >= 4 is 0 Å². The zero-order valence-electron chi connectivity index (χ0n) is 13.9. The number of ether oxygens (including phenoxy) is 1. The van der Waals surface area contributed by atoms with E-state index in [1.165, 1.54) is 12.5 Å². The van der Waals surface area contributed by atoms with Crippen LogP contribution in [-0.2, 0) is 4.74 Å². The normalized spacial score (nSPS) is 15.4. The molecule has 0 aromatic carbocycles. The van der Waals surface area contributed by atoms with Crippen molar-refractivity contribution in [2.45, 2.75) is 39.9 Å². The highest BCUT2D eigenvalue weighted by Crippen LogP contribution is 1.96. The van der Waals surface area contributed by atoms with E-state index in [9.17, 15) is 10.2 Å². The molecule has 0 saturated heterocycles. The maximum Gasteiger partial charge on any atom is 0.0887 e. The zero-order chi connectivity index (χ0) is 16.1. The van der Waals surface area contributed by atoms with Crippen LogP contribution in [-0.4, -0.2) is 71.5 Å². The summed E-state index contributed by atoms with van der Waals surface area (Å²) < 4.78 is 5.15. The minimum Gasteiger partial charge on any atom is -0.473 e. The van der Waals surface area contributed by atoms with Crippen molar-refractivity contribution in [2.75, 3.05) is 39.3 Å². The summed E-state index contributed by atoms with van der Waals surface area (Å²) in [6, 6.07) is 0. The van der Waals surface area contributed by atoms with E-state index in [4.69, 9.17) is 4.74 Å². The standard InChI is InChI=1S/C16H32N2O3/c1-5-17(6-2)13-15(19)9-11-21-12-10-16(20)14-18(7-3)8-4/h9-12,15-16,19-20H,5-8,13-14H2,1-4H3. The monoisotopic (exact) mass is 300 g/mol. The first-order valence-electron chi connectivity index (χ1n) is 7.86. The molecule has 0 amide bonds. The number of aliphatic hydroxyl groups excluding tert-OH is 2. The Balaban J connectivity index is 3.95. The van der Waals surface area contributed by atoms with Gasteiger partial charge in [0, 0.05) is 13.1 Å². The summed E-state index contributed by atoms with van der Waals surface area (Å²) in [6.07, 6.45) is 5.04. The van der Waals surface area contributed by atoms with E-state index in [0.29, 0.717) is 13.1 Å². The second-order valence-corrected chi connectivity index (χ2v) is 4.90. The van der Waals surface area contributed by atoms with Gasteiger partial charge in [-0.2, -0.15) is 0 Å². The molecular formula is C16H32N2O3. The fraction of sp³-hybridized carbons (Fsp3) is 0.750. The fourth-order valence-electron chi connectivity index (χ4n) is 1.93. The second-order valence-electron chi connectivity index (χ2n) is 4.90. The SMILES string of the molecule is CCN(CC)CC(O)C=COC=CC(O)CN(CC)CC. The van der Waals surface area contributed by atoms with Crippen molar-refractivity contribution in [1.82, 2.24) is 9.80 Å². The van der Waals surface area contributed by atoms with Crippen LogP contribution in [0.4, 0.5) is 0 Å². The van der Waals surface area contributed by atoms with E-state index >= 15 is 0 Å². The van der Waals surface area contributed by atoms with E-state index in [2.05, 4.69) is 37.5 Å². The maximum absolute atomic E-state index is 9.78. The molecule has 2 unspecified atom stereocenters. The number of hydrogen-bond donors (Lipinski definition) is 2. The van der Waals surface area contributed by atoms with Crippen LogP contribution in [0, 0.1) is 0 Å². The molecule has 0 aliphatic rings. The Morgan fingerprint density at radius 2 is 1.10 bits per heavy atom. The van der Waals surface area contributed by atoms with Crippen LogP contribution in [0.1, 0.15) is 27.7 Å². The molecule has 0 rings (SSSR count). The van der Waals surface area contributed by atoms with Gasteiger partial charge in [0.1, 0.15) is 0 Å². The van der Waals surface area contributed by atoms with E-state index in [0.717, 1.165) is 26.2 Å². The number of nitrogens with zero attached hydrogens (tertiary/aromatic N) is 2. The molecule has 0 aliphatic carbocycles. The van der Waals surface area contributed by atoms with Gasteiger partial charge in [0.05, 0.1) is 24.7 Å². The molecule has 0 aliphatic heterocycles. The van der Waals surface area contributed by atoms with Gasteiger partial charge in [-0.3, -0.25) is 0 Å². The predicted octanol–water partition coefficient (Wildman–Crippen LogP) is 1.44. The molecule has 2 N–H and O–H groups in total. The summed E-state index contributed by atoms with van der Waals surface area (Å²) in [7, 11) is 0. The maximum atomic E-state index is 9.78. The molecule has 0 saturated carbocycles. The van der Waals surface area contributed by atoms with Crippen LogP contribution >= 0.6 is 0 Å². The van der Waals surface area contributed by atoms with E-state index in [1.54, 1.807) is 12.2 Å². The van der Waals surface area contributed by atoms with Gasteiger partial charge in [-0.25, -0.2) is 0 Å². The van der Waals surface area contributed by atoms with Crippen molar-refractivity contribution < 1.29 is 14.9 Å². The molecule has 0 heterocycles. The Morgan fingerprint density at radius 1 is 0.762 bits per heavy atom. The molecule has 0 fully saturated rings. The van der Waals surface area contributed by atoms with Gasteiger partial charge < -0.3 is 24.7 Å². The molecule has 2 atom stereocenters. The minimum absolute atomic E-state index is 0.543. The Bertz CT molecular complexity index is 259. The summed E-state index contributed by atoms with van der Waals surface area (Å²) in [5.74, 6) is 0. The molecule has 124 valence electrons. The number of rotatable bonds is 12. The third-order valence-corrected chi connectivity index (χ3v) is 3.44. The quantitative estimate of drug-likeness (QED) is 0.534. The van der Waals surface area contributed by atoms with Crippen LogP contribution in [0.15, 0.2) is 24.7 Å². The summed E-state index contributed by atoms with van der Waals surface area (Å²) in [4.78, 5) is 4.28. The summed E-state index contributed by atoms with van der Waals surface area (Å²) >= 11 is 0. The third-order valence-electron chi connectivity index (χ3n) is 3.44. The Hall–Kier alpha value is -0.880. The van der Waals surface area contributed by atoms with Gasteiger partial charge in [0.15, 0.2) is 0 Å². The summed E-state index contributed by atoms with van der Waals surface area (Å²) in [5.41, 5.74) is 0. The summed E-state index contributed by atoms with van der Waals surface area (Å²) in [6.45, 7) is 13.1. The zero-order valence-corrected chi connectivity index (χ0v) is 13.9. The number of aliphatic hydroxyl groups is 2. The Labute approximate surface area is 129 Å². The van der Waals surface area contributed by atoms with E-state index in [-0.39, 0.29) is 0 Å². The topological polar surface area (TPSA) is 56.2 Å². The number of likely N-dealkylation sites (N-methyl/N-ethyl adjacent to an activating group) is 2. The molecule has 5 nitrogen and oxygen atoms in total. The van der Waals surface area contributed by atoms with Crippen LogP contribution < -0.4 is 0 Å². The lowest BCUT2D eigenvalue weighted by Crippen LogP contribution is -2.31. The van der Waals surface area contributed by atoms with Crippen molar-refractivity contribution in [3.63, 3.8) is 0 Å². The molecule has 0 spiro atoms. The van der Waals surface area contributed by atoms with Gasteiger partial charge in [-0.1, -0.05) is 27.7 Å². The van der Waals surface area contributed by atoms with E-state index < -0.39 is 12.2 Å². The third kappa shape index (κ3) is 10.5. The van der Waals surface area contributed by atoms with Gasteiger partial charge in [0.2, 0.25) is 0 Å². The lowest BCUT2D eigenvalue weighted by molar-refractivity contribution is 0.150. The smallest absolute Gasteiger partial charge is 0.0887 e. The van der Waals surface area contributed by atoms with Gasteiger partial charge in [0.25, 0.3) is 0 Å². The van der Waals surface area contributed by atoms with Crippen LogP contribution in [0.2, 0.25) is 0 Å². The highest BCUT2D eigenvalue weighted by molar-refractivity contribution is 4.89. The first-order chi connectivity index (χ1) is 10.1. The van der Waals surface area contributed by atoms with Crippen molar-refractivity contribution in [3.8, 4) is 0 Å². The first-order valence-corrected chi connectivity index (χ1v) is 7.86. The average molecular weight is 300 g/mol. The second kappa shape index (κ2) is 12.8. The molecule has 0 radical (unpaired) electrons. The Kier molecular flexibility index (Phi) is 12.3. The van der Waals surface area contributed by atoms with Crippen LogP contribution in [0.25, 0.3) is 0 Å². The highest BCUT2D eigenvalue weighted by Gasteiger charge is 2.06. The highest BCUT2D eigenvalue weighted by atomic mass is 16.5. The first kappa shape index (κ1) is 20.1. The molecule has 5 heteroatoms. The van der Waals surface area contributed by atoms with Crippen molar-refractivity contribution in [1.29, 1.82) is 0 Å². The average Bonchev–Trinajstić information content (AvgIpc) is 2.49. The lowest BCUT2D eigenvalue weighted by atomic mass is 10.3. The van der Waals surface area contributed by atoms with Gasteiger partial charge >= 0.3 is 0 Å². The molecule has 21 heavy (non-hydrogen) atoms.